The first kappa shape index (κ1) is 20.3. The molecular formula is C23H25N3O3S. The van der Waals surface area contributed by atoms with Gasteiger partial charge in [0.05, 0.1) is 23.2 Å². The highest BCUT2D eigenvalue weighted by molar-refractivity contribution is 7.91. The third kappa shape index (κ3) is 4.31. The Morgan fingerprint density at radius 1 is 1.13 bits per heavy atom. The first-order valence-corrected chi connectivity index (χ1v) is 11.8. The van der Waals surface area contributed by atoms with Crippen LogP contribution < -0.4 is 0 Å². The quantitative estimate of drug-likeness (QED) is 0.630. The molecule has 2 heterocycles. The Balaban J connectivity index is 1.67. The van der Waals surface area contributed by atoms with Crippen molar-refractivity contribution in [2.24, 2.45) is 0 Å². The van der Waals surface area contributed by atoms with Gasteiger partial charge in [0.15, 0.2) is 15.5 Å². The maximum Gasteiger partial charge on any atom is 0.274 e. The third-order valence-electron chi connectivity index (χ3n) is 5.47. The molecule has 1 aliphatic heterocycles. The van der Waals surface area contributed by atoms with Crippen LogP contribution in [-0.2, 0) is 16.4 Å². The van der Waals surface area contributed by atoms with Crippen molar-refractivity contribution >= 4 is 15.7 Å². The Morgan fingerprint density at radius 3 is 2.47 bits per heavy atom. The molecule has 30 heavy (non-hydrogen) atoms. The number of sulfone groups is 1. The number of aromatic nitrogens is 2. The van der Waals surface area contributed by atoms with Gasteiger partial charge < -0.3 is 4.90 Å². The average molecular weight is 424 g/mol. The second kappa shape index (κ2) is 8.07. The van der Waals surface area contributed by atoms with Gasteiger partial charge in [-0.05, 0) is 30.5 Å². The summed E-state index contributed by atoms with van der Waals surface area (Å²) in [6, 6.07) is 19.3. The van der Waals surface area contributed by atoms with E-state index in [4.69, 9.17) is 0 Å². The number of aryl methyl sites for hydroxylation is 1. The molecule has 156 valence electrons. The summed E-state index contributed by atoms with van der Waals surface area (Å²) in [7, 11) is -1.32. The van der Waals surface area contributed by atoms with E-state index >= 15 is 0 Å². The van der Waals surface area contributed by atoms with Gasteiger partial charge in [0.1, 0.15) is 0 Å². The molecule has 1 atom stereocenters. The lowest BCUT2D eigenvalue weighted by Crippen LogP contribution is -2.27. The zero-order valence-corrected chi connectivity index (χ0v) is 18.0. The lowest BCUT2D eigenvalue weighted by molar-refractivity contribution is 0.0778. The van der Waals surface area contributed by atoms with Crippen molar-refractivity contribution in [3.05, 3.63) is 77.5 Å². The van der Waals surface area contributed by atoms with Crippen LogP contribution >= 0.6 is 0 Å². The van der Waals surface area contributed by atoms with E-state index in [2.05, 4.69) is 5.10 Å². The lowest BCUT2D eigenvalue weighted by Gasteiger charge is -2.16. The summed E-state index contributed by atoms with van der Waals surface area (Å²) in [5.74, 6) is 0.0233. The monoisotopic (exact) mass is 423 g/mol. The molecule has 3 aromatic rings. The Kier molecular flexibility index (Phi) is 5.47. The molecule has 0 bridgehead atoms. The molecule has 0 radical (unpaired) electrons. The number of amides is 1. The summed E-state index contributed by atoms with van der Waals surface area (Å²) >= 11 is 0. The smallest absolute Gasteiger partial charge is 0.274 e. The van der Waals surface area contributed by atoms with E-state index in [0.717, 1.165) is 22.4 Å². The maximum atomic E-state index is 13.1. The maximum absolute atomic E-state index is 13.1. The molecule has 7 heteroatoms. The van der Waals surface area contributed by atoms with Crippen LogP contribution in [0.5, 0.6) is 0 Å². The Labute approximate surface area is 177 Å². The summed E-state index contributed by atoms with van der Waals surface area (Å²) < 4.78 is 25.8. The highest BCUT2D eigenvalue weighted by Crippen LogP contribution is 2.30. The topological polar surface area (TPSA) is 72.3 Å². The van der Waals surface area contributed by atoms with Crippen LogP contribution in [0.1, 0.15) is 34.1 Å². The molecule has 6 nitrogen and oxygen atoms in total. The van der Waals surface area contributed by atoms with Gasteiger partial charge in [0, 0.05) is 13.6 Å². The molecule has 0 aliphatic carbocycles. The molecule has 0 N–H and O–H groups in total. The first-order valence-electron chi connectivity index (χ1n) is 9.99. The SMILES string of the molecule is Cc1ccc(-c2cc(C(=O)N(C)Cc3ccccc3)nn2C2CCS(=O)(=O)C2)cc1. The molecule has 1 unspecified atom stereocenters. The molecule has 0 spiro atoms. The summed E-state index contributed by atoms with van der Waals surface area (Å²) in [5.41, 5.74) is 4.18. The number of nitrogens with zero attached hydrogens (tertiary/aromatic N) is 3. The van der Waals surface area contributed by atoms with Crippen molar-refractivity contribution < 1.29 is 13.2 Å². The number of carbonyl (C=O) groups is 1. The van der Waals surface area contributed by atoms with Crippen LogP contribution in [0.25, 0.3) is 11.3 Å². The largest absolute Gasteiger partial charge is 0.336 e. The number of hydrogen-bond acceptors (Lipinski definition) is 4. The normalized spacial score (nSPS) is 17.7. The van der Waals surface area contributed by atoms with Crippen molar-refractivity contribution in [3.63, 3.8) is 0 Å². The van der Waals surface area contributed by atoms with E-state index in [9.17, 15) is 13.2 Å². The minimum Gasteiger partial charge on any atom is -0.336 e. The minimum atomic E-state index is -3.07. The summed E-state index contributed by atoms with van der Waals surface area (Å²) in [6.07, 6.45) is 0.510. The Hall–Kier alpha value is -2.93. The number of benzene rings is 2. The molecule has 1 aliphatic rings. The van der Waals surface area contributed by atoms with E-state index < -0.39 is 9.84 Å². The van der Waals surface area contributed by atoms with Gasteiger partial charge in [-0.2, -0.15) is 5.10 Å². The van der Waals surface area contributed by atoms with Gasteiger partial charge >= 0.3 is 0 Å². The predicted molar refractivity (Wildman–Crippen MR) is 117 cm³/mol. The molecular weight excluding hydrogens is 398 g/mol. The summed E-state index contributed by atoms with van der Waals surface area (Å²) in [4.78, 5) is 14.7. The van der Waals surface area contributed by atoms with E-state index in [1.807, 2.05) is 61.5 Å². The van der Waals surface area contributed by atoms with Gasteiger partial charge in [-0.3, -0.25) is 9.48 Å². The predicted octanol–water partition coefficient (Wildman–Crippen LogP) is 3.49. The fourth-order valence-electron chi connectivity index (χ4n) is 3.81. The molecule has 1 saturated heterocycles. The Bertz CT molecular complexity index is 1150. The van der Waals surface area contributed by atoms with E-state index in [-0.39, 0.29) is 23.5 Å². The van der Waals surface area contributed by atoms with Crippen LogP contribution in [-0.4, -0.2) is 47.6 Å². The van der Waals surface area contributed by atoms with Crippen LogP contribution in [0, 0.1) is 6.92 Å². The lowest BCUT2D eigenvalue weighted by atomic mass is 10.1. The number of hydrogen-bond donors (Lipinski definition) is 0. The van der Waals surface area contributed by atoms with Crippen molar-refractivity contribution in [2.45, 2.75) is 25.9 Å². The fourth-order valence-corrected chi connectivity index (χ4v) is 5.50. The molecule has 4 rings (SSSR count). The van der Waals surface area contributed by atoms with Gasteiger partial charge in [0.25, 0.3) is 5.91 Å². The molecule has 0 saturated carbocycles. The highest BCUT2D eigenvalue weighted by atomic mass is 32.2. The highest BCUT2D eigenvalue weighted by Gasteiger charge is 2.32. The second-order valence-corrected chi connectivity index (χ2v) is 10.2. The molecule has 2 aromatic carbocycles. The second-order valence-electron chi connectivity index (χ2n) is 7.93. The third-order valence-corrected chi connectivity index (χ3v) is 7.22. The Morgan fingerprint density at radius 2 is 1.83 bits per heavy atom. The van der Waals surface area contributed by atoms with Gasteiger partial charge in [-0.25, -0.2) is 8.42 Å². The van der Waals surface area contributed by atoms with Crippen molar-refractivity contribution in [1.29, 1.82) is 0 Å². The number of carbonyl (C=O) groups excluding carboxylic acids is 1. The standard InChI is InChI=1S/C23H25N3O3S/c1-17-8-10-19(11-9-17)22-14-21(24-26(22)20-12-13-30(28,29)16-20)23(27)25(2)15-18-6-4-3-5-7-18/h3-11,14,20H,12-13,15-16H2,1-2H3. The van der Waals surface area contributed by atoms with Gasteiger partial charge in [0.2, 0.25) is 0 Å². The van der Waals surface area contributed by atoms with Crippen molar-refractivity contribution in [3.8, 4) is 11.3 Å². The van der Waals surface area contributed by atoms with Gasteiger partial charge in [-0.1, -0.05) is 60.2 Å². The average Bonchev–Trinajstić information content (AvgIpc) is 3.32. The molecule has 1 amide bonds. The summed E-state index contributed by atoms with van der Waals surface area (Å²) in [5, 5.41) is 4.58. The van der Waals surface area contributed by atoms with Crippen LogP contribution in [0.4, 0.5) is 0 Å². The first-order chi connectivity index (χ1) is 14.3. The zero-order valence-electron chi connectivity index (χ0n) is 17.2. The zero-order chi connectivity index (χ0) is 21.3. The minimum absolute atomic E-state index is 0.0566. The van der Waals surface area contributed by atoms with E-state index in [1.54, 1.807) is 22.7 Å². The van der Waals surface area contributed by atoms with E-state index in [0.29, 0.717) is 18.7 Å². The fraction of sp³-hybridized carbons (Fsp3) is 0.304. The van der Waals surface area contributed by atoms with Crippen LogP contribution in [0.15, 0.2) is 60.7 Å². The molecule has 1 aromatic heterocycles. The van der Waals surface area contributed by atoms with Crippen molar-refractivity contribution in [2.75, 3.05) is 18.6 Å². The van der Waals surface area contributed by atoms with Crippen LogP contribution in [0.2, 0.25) is 0 Å². The van der Waals surface area contributed by atoms with E-state index in [1.165, 1.54) is 0 Å². The summed E-state index contributed by atoms with van der Waals surface area (Å²) in [6.45, 7) is 2.49. The van der Waals surface area contributed by atoms with Crippen LogP contribution in [0.3, 0.4) is 0 Å². The van der Waals surface area contributed by atoms with Gasteiger partial charge in [-0.15, -0.1) is 0 Å². The van der Waals surface area contributed by atoms with Crippen molar-refractivity contribution in [1.82, 2.24) is 14.7 Å². The molecule has 1 fully saturated rings. The number of rotatable bonds is 5.